The summed E-state index contributed by atoms with van der Waals surface area (Å²) in [5.74, 6) is 0.0344. The summed E-state index contributed by atoms with van der Waals surface area (Å²) < 4.78 is 38.3. The molecule has 0 aliphatic rings. The van der Waals surface area contributed by atoms with Crippen molar-refractivity contribution in [1.82, 2.24) is 0 Å². The summed E-state index contributed by atoms with van der Waals surface area (Å²) in [5, 5.41) is 0. The third-order valence-electron chi connectivity index (χ3n) is 7.21. The molecule has 0 heterocycles. The molecule has 0 radical (unpaired) electrons. The lowest BCUT2D eigenvalue weighted by Gasteiger charge is -2.08. The Balaban J connectivity index is 1.82. The highest BCUT2D eigenvalue weighted by Gasteiger charge is 2.30. The van der Waals surface area contributed by atoms with Crippen molar-refractivity contribution < 1.29 is 18.0 Å². The van der Waals surface area contributed by atoms with Gasteiger partial charge in [0.15, 0.2) is 0 Å². The molecule has 1 aromatic carbocycles. The van der Waals surface area contributed by atoms with Crippen LogP contribution in [0.5, 0.6) is 0 Å². The predicted molar refractivity (Wildman–Crippen MR) is 147 cm³/mol. The molecule has 208 valence electrons. The third-order valence-corrected chi connectivity index (χ3v) is 7.21. The first-order chi connectivity index (χ1) is 17.4. The quantitative estimate of drug-likeness (QED) is 0.126. The van der Waals surface area contributed by atoms with E-state index in [-0.39, 0.29) is 12.2 Å². The molecular weight excluding hydrogens is 457 g/mol. The second kappa shape index (κ2) is 21.7. The number of halogens is 3. The minimum atomic E-state index is -4.36. The molecule has 36 heavy (non-hydrogen) atoms. The summed E-state index contributed by atoms with van der Waals surface area (Å²) in [4.78, 5) is 12.1. The second-order valence-electron chi connectivity index (χ2n) is 10.7. The summed E-state index contributed by atoms with van der Waals surface area (Å²) >= 11 is 0. The Labute approximate surface area is 220 Å². The molecule has 1 aromatic rings. The van der Waals surface area contributed by atoms with Crippen molar-refractivity contribution in [2.45, 2.75) is 161 Å². The van der Waals surface area contributed by atoms with Crippen molar-refractivity contribution in [2.75, 3.05) is 0 Å². The van der Waals surface area contributed by atoms with E-state index in [0.717, 1.165) is 31.4 Å². The number of hydrogen-bond acceptors (Lipinski definition) is 1. The monoisotopic (exact) mass is 510 g/mol. The molecule has 1 nitrogen and oxygen atoms in total. The molecule has 0 aliphatic heterocycles. The van der Waals surface area contributed by atoms with Crippen molar-refractivity contribution in [3.8, 4) is 0 Å². The van der Waals surface area contributed by atoms with E-state index in [9.17, 15) is 18.0 Å². The number of hydrogen-bond donors (Lipinski definition) is 0. The van der Waals surface area contributed by atoms with E-state index in [1.165, 1.54) is 122 Å². The molecule has 0 N–H and O–H groups in total. The van der Waals surface area contributed by atoms with Crippen molar-refractivity contribution in [3.05, 3.63) is 35.4 Å². The van der Waals surface area contributed by atoms with Crippen LogP contribution < -0.4 is 0 Å². The number of benzene rings is 1. The Morgan fingerprint density at radius 2 is 1.00 bits per heavy atom. The zero-order chi connectivity index (χ0) is 26.3. The van der Waals surface area contributed by atoms with Crippen LogP contribution in [-0.2, 0) is 17.4 Å². The van der Waals surface area contributed by atoms with Crippen LogP contribution in [0.2, 0.25) is 0 Å². The van der Waals surface area contributed by atoms with Crippen LogP contribution in [0.15, 0.2) is 24.3 Å². The Morgan fingerprint density at radius 1 is 0.611 bits per heavy atom. The highest BCUT2D eigenvalue weighted by atomic mass is 19.4. The summed E-state index contributed by atoms with van der Waals surface area (Å²) in [7, 11) is 0. The fourth-order valence-corrected chi connectivity index (χ4v) is 4.93. The van der Waals surface area contributed by atoms with Gasteiger partial charge in [0.25, 0.3) is 0 Å². The SMILES string of the molecule is CCCCCCCCCCCCCCCCCCCCCCCC(=O)Cc1cccc(C(F)(F)F)c1. The van der Waals surface area contributed by atoms with E-state index in [4.69, 9.17) is 0 Å². The maximum Gasteiger partial charge on any atom is 0.416 e. The number of alkyl halides is 3. The average molecular weight is 511 g/mol. The van der Waals surface area contributed by atoms with Gasteiger partial charge in [0.05, 0.1) is 5.56 Å². The molecule has 0 saturated heterocycles. The minimum Gasteiger partial charge on any atom is -0.299 e. The van der Waals surface area contributed by atoms with E-state index in [1.807, 2.05) is 0 Å². The lowest BCUT2D eigenvalue weighted by Crippen LogP contribution is -2.07. The van der Waals surface area contributed by atoms with Crippen molar-refractivity contribution in [1.29, 1.82) is 0 Å². The fraction of sp³-hybridized carbons (Fsp3) is 0.781. The summed E-state index contributed by atoms with van der Waals surface area (Å²) in [6.45, 7) is 2.28. The number of carbonyl (C=O) groups excluding carboxylic acids is 1. The maximum atomic E-state index is 12.8. The van der Waals surface area contributed by atoms with Crippen molar-refractivity contribution >= 4 is 5.78 Å². The first-order valence-corrected chi connectivity index (χ1v) is 15.1. The van der Waals surface area contributed by atoms with Crippen LogP contribution in [0.1, 0.15) is 159 Å². The molecule has 0 unspecified atom stereocenters. The summed E-state index contributed by atoms with van der Waals surface area (Å²) in [6.07, 6.45) is 24.1. The van der Waals surface area contributed by atoms with Gasteiger partial charge in [-0.05, 0) is 18.1 Å². The Morgan fingerprint density at radius 3 is 1.39 bits per heavy atom. The first kappa shape index (κ1) is 32.7. The smallest absolute Gasteiger partial charge is 0.299 e. The van der Waals surface area contributed by atoms with Gasteiger partial charge in [0.1, 0.15) is 5.78 Å². The van der Waals surface area contributed by atoms with Gasteiger partial charge in [0, 0.05) is 12.8 Å². The van der Waals surface area contributed by atoms with Gasteiger partial charge in [-0.2, -0.15) is 13.2 Å². The molecule has 0 amide bonds. The van der Waals surface area contributed by atoms with Gasteiger partial charge in [-0.3, -0.25) is 4.79 Å². The number of carbonyl (C=O) groups is 1. The summed E-state index contributed by atoms with van der Waals surface area (Å²) in [6, 6.07) is 5.12. The third kappa shape index (κ3) is 18.9. The van der Waals surface area contributed by atoms with E-state index in [1.54, 1.807) is 6.07 Å². The number of rotatable bonds is 24. The molecular formula is C32H53F3O. The van der Waals surface area contributed by atoms with Gasteiger partial charge in [-0.15, -0.1) is 0 Å². The zero-order valence-electron chi connectivity index (χ0n) is 23.1. The van der Waals surface area contributed by atoms with Crippen LogP contribution in [0, 0.1) is 0 Å². The van der Waals surface area contributed by atoms with E-state index in [2.05, 4.69) is 6.92 Å². The Bertz CT molecular complexity index is 653. The normalized spacial score (nSPS) is 11.8. The van der Waals surface area contributed by atoms with Gasteiger partial charge >= 0.3 is 6.18 Å². The Hall–Kier alpha value is -1.32. The number of Topliss-reactive ketones (excluding diaryl/α,β-unsaturated/α-hetero) is 1. The number of ketones is 1. The molecule has 0 saturated carbocycles. The van der Waals surface area contributed by atoms with Crippen LogP contribution in [0.4, 0.5) is 13.2 Å². The zero-order valence-corrected chi connectivity index (χ0v) is 23.1. The highest BCUT2D eigenvalue weighted by Crippen LogP contribution is 2.29. The lowest BCUT2D eigenvalue weighted by molar-refractivity contribution is -0.137. The lowest BCUT2D eigenvalue weighted by atomic mass is 10.0. The summed E-state index contributed by atoms with van der Waals surface area (Å²) in [5.41, 5.74) is -0.222. The van der Waals surface area contributed by atoms with Crippen molar-refractivity contribution in [3.63, 3.8) is 0 Å². The Kier molecular flexibility index (Phi) is 19.7. The standard InChI is InChI=1S/C32H53F3O/c1-2-3-4-5-6-7-8-9-10-11-12-13-14-15-16-17-18-19-20-21-22-26-31(36)28-29-24-23-25-30(27-29)32(33,34)35/h23-25,27H,2-22,26,28H2,1H3. The van der Waals surface area contributed by atoms with Gasteiger partial charge in [0.2, 0.25) is 0 Å². The van der Waals surface area contributed by atoms with Gasteiger partial charge in [-0.1, -0.05) is 154 Å². The van der Waals surface area contributed by atoms with Crippen LogP contribution in [0.3, 0.4) is 0 Å². The largest absolute Gasteiger partial charge is 0.416 e. The fourth-order valence-electron chi connectivity index (χ4n) is 4.93. The maximum absolute atomic E-state index is 12.8. The minimum absolute atomic E-state index is 0.0344. The van der Waals surface area contributed by atoms with Gasteiger partial charge in [-0.25, -0.2) is 0 Å². The highest BCUT2D eigenvalue weighted by molar-refractivity contribution is 5.80. The molecule has 0 bridgehead atoms. The average Bonchev–Trinajstić information content (AvgIpc) is 2.84. The second-order valence-corrected chi connectivity index (χ2v) is 10.7. The van der Waals surface area contributed by atoms with Gasteiger partial charge < -0.3 is 0 Å². The van der Waals surface area contributed by atoms with Crippen LogP contribution in [0.25, 0.3) is 0 Å². The molecule has 0 atom stereocenters. The molecule has 0 spiro atoms. The van der Waals surface area contributed by atoms with E-state index < -0.39 is 11.7 Å². The molecule has 0 aromatic heterocycles. The molecule has 4 heteroatoms. The predicted octanol–water partition coefficient (Wildman–Crippen LogP) is 11.4. The van der Waals surface area contributed by atoms with Crippen molar-refractivity contribution in [2.24, 2.45) is 0 Å². The molecule has 0 fully saturated rings. The molecule has 1 rings (SSSR count). The number of unbranched alkanes of at least 4 members (excludes halogenated alkanes) is 20. The van der Waals surface area contributed by atoms with E-state index >= 15 is 0 Å². The first-order valence-electron chi connectivity index (χ1n) is 15.1. The van der Waals surface area contributed by atoms with Crippen LogP contribution in [-0.4, -0.2) is 5.78 Å². The van der Waals surface area contributed by atoms with Crippen LogP contribution >= 0.6 is 0 Å². The topological polar surface area (TPSA) is 17.1 Å². The van der Waals surface area contributed by atoms with E-state index in [0.29, 0.717) is 12.0 Å². The molecule has 0 aliphatic carbocycles.